The van der Waals surface area contributed by atoms with E-state index in [1.165, 1.54) is 6.42 Å². The zero-order chi connectivity index (χ0) is 6.91. The van der Waals surface area contributed by atoms with Gasteiger partial charge in [0, 0.05) is 5.54 Å². The summed E-state index contributed by atoms with van der Waals surface area (Å²) in [6.07, 6.45) is 2.19. The largest absolute Gasteiger partial charge is 0.394 e. The summed E-state index contributed by atoms with van der Waals surface area (Å²) in [6.45, 7) is 5.20. The molecule has 0 amide bonds. The molecule has 2 heteroatoms. The predicted octanol–water partition coefficient (Wildman–Crippen LogP) is 0.277. The van der Waals surface area contributed by atoms with Gasteiger partial charge in [-0.3, -0.25) is 4.90 Å². The summed E-state index contributed by atoms with van der Waals surface area (Å²) >= 11 is 0. The summed E-state index contributed by atoms with van der Waals surface area (Å²) in [5.74, 6) is 0. The third-order valence-electron chi connectivity index (χ3n) is 2.24. The van der Waals surface area contributed by atoms with E-state index >= 15 is 0 Å². The fourth-order valence-electron chi connectivity index (χ4n) is 1.27. The molecule has 53 valence electrons. The van der Waals surface area contributed by atoms with Gasteiger partial charge in [0.15, 0.2) is 0 Å². The molecule has 0 aromatic carbocycles. The molecule has 0 bridgehead atoms. The molecule has 0 spiro atoms. The summed E-state index contributed by atoms with van der Waals surface area (Å²) in [6, 6.07) is 0. The summed E-state index contributed by atoms with van der Waals surface area (Å²) < 4.78 is 0. The third kappa shape index (κ3) is 1.10. The van der Waals surface area contributed by atoms with E-state index in [0.29, 0.717) is 0 Å². The van der Waals surface area contributed by atoms with Crippen molar-refractivity contribution in [3.05, 3.63) is 6.92 Å². The maximum absolute atomic E-state index is 8.89. The lowest BCUT2D eigenvalue weighted by Crippen LogP contribution is -2.41. The molecule has 0 saturated carbocycles. The number of likely N-dealkylation sites (N-methyl/N-ethyl adjacent to an activating group) is 1. The first kappa shape index (κ1) is 7.03. The molecule has 2 nitrogen and oxygen atoms in total. The van der Waals surface area contributed by atoms with Crippen molar-refractivity contribution in [1.29, 1.82) is 0 Å². The SMILES string of the molecule is [CH2]C1(CO)CCCN1C. The van der Waals surface area contributed by atoms with Crippen LogP contribution in [0.1, 0.15) is 12.8 Å². The standard InChI is InChI=1S/C7H14NO/c1-7(6-9)4-3-5-8(7)2/h9H,1,3-6H2,2H3. The lowest BCUT2D eigenvalue weighted by atomic mass is 10.0. The van der Waals surface area contributed by atoms with E-state index < -0.39 is 0 Å². The smallest absolute Gasteiger partial charge is 0.0615 e. The molecular formula is C7H14NO. The molecule has 9 heavy (non-hydrogen) atoms. The van der Waals surface area contributed by atoms with Gasteiger partial charge in [-0.05, 0) is 33.4 Å². The first-order valence-corrected chi connectivity index (χ1v) is 3.36. The first-order chi connectivity index (χ1) is 4.19. The zero-order valence-electron chi connectivity index (χ0n) is 5.93. The molecule has 1 N–H and O–H groups in total. The molecule has 0 aromatic rings. The summed E-state index contributed by atoms with van der Waals surface area (Å²) in [7, 11) is 2.01. The Bertz CT molecular complexity index is 105. The van der Waals surface area contributed by atoms with Crippen molar-refractivity contribution in [1.82, 2.24) is 4.90 Å². The van der Waals surface area contributed by atoms with Crippen LogP contribution in [-0.2, 0) is 0 Å². The Morgan fingerprint density at radius 1 is 1.78 bits per heavy atom. The van der Waals surface area contributed by atoms with Gasteiger partial charge in [-0.25, -0.2) is 0 Å². The summed E-state index contributed by atoms with van der Waals surface area (Å²) in [4.78, 5) is 2.12. The second kappa shape index (κ2) is 2.27. The Labute approximate surface area is 56.5 Å². The van der Waals surface area contributed by atoms with Gasteiger partial charge in [-0.15, -0.1) is 0 Å². The monoisotopic (exact) mass is 128 g/mol. The molecule has 1 radical (unpaired) electrons. The Hall–Kier alpha value is -0.0800. The van der Waals surface area contributed by atoms with Crippen LogP contribution in [0, 0.1) is 6.92 Å². The van der Waals surface area contributed by atoms with Gasteiger partial charge in [0.05, 0.1) is 6.61 Å². The number of nitrogens with zero attached hydrogens (tertiary/aromatic N) is 1. The molecule has 0 aliphatic carbocycles. The molecule has 1 aliphatic heterocycles. The Morgan fingerprint density at radius 2 is 2.44 bits per heavy atom. The fraction of sp³-hybridized carbons (Fsp3) is 0.857. The number of hydrogen-bond acceptors (Lipinski definition) is 2. The minimum atomic E-state index is -0.167. The van der Waals surface area contributed by atoms with Gasteiger partial charge in [0.1, 0.15) is 0 Å². The number of aliphatic hydroxyl groups is 1. The predicted molar refractivity (Wildman–Crippen MR) is 37.0 cm³/mol. The van der Waals surface area contributed by atoms with Gasteiger partial charge in [-0.1, -0.05) is 0 Å². The van der Waals surface area contributed by atoms with Crippen LogP contribution in [0.5, 0.6) is 0 Å². The van der Waals surface area contributed by atoms with E-state index in [4.69, 9.17) is 5.11 Å². The highest BCUT2D eigenvalue weighted by Crippen LogP contribution is 2.25. The highest BCUT2D eigenvalue weighted by atomic mass is 16.3. The second-order valence-electron chi connectivity index (χ2n) is 2.91. The number of hydrogen-bond donors (Lipinski definition) is 1. The molecule has 1 atom stereocenters. The first-order valence-electron chi connectivity index (χ1n) is 3.36. The summed E-state index contributed by atoms with van der Waals surface area (Å²) in [5.41, 5.74) is -0.167. The van der Waals surface area contributed by atoms with Crippen LogP contribution in [0.2, 0.25) is 0 Å². The molecule has 1 saturated heterocycles. The van der Waals surface area contributed by atoms with E-state index in [-0.39, 0.29) is 12.1 Å². The molecule has 1 heterocycles. The Kier molecular flexibility index (Phi) is 1.78. The van der Waals surface area contributed by atoms with Crippen LogP contribution in [0.4, 0.5) is 0 Å². The van der Waals surface area contributed by atoms with Crippen molar-refractivity contribution in [2.75, 3.05) is 20.2 Å². The van der Waals surface area contributed by atoms with E-state index in [2.05, 4.69) is 11.8 Å². The van der Waals surface area contributed by atoms with Crippen LogP contribution in [-0.4, -0.2) is 35.7 Å². The second-order valence-corrected chi connectivity index (χ2v) is 2.91. The van der Waals surface area contributed by atoms with Gasteiger partial charge in [-0.2, -0.15) is 0 Å². The van der Waals surface area contributed by atoms with Crippen LogP contribution in [0.15, 0.2) is 0 Å². The zero-order valence-corrected chi connectivity index (χ0v) is 5.93. The van der Waals surface area contributed by atoms with E-state index in [0.717, 1.165) is 13.0 Å². The number of aliphatic hydroxyl groups excluding tert-OH is 1. The molecule has 1 aliphatic rings. The highest BCUT2D eigenvalue weighted by molar-refractivity contribution is 4.95. The fourth-order valence-corrected chi connectivity index (χ4v) is 1.27. The van der Waals surface area contributed by atoms with Gasteiger partial charge in [0.2, 0.25) is 0 Å². The van der Waals surface area contributed by atoms with Crippen molar-refractivity contribution < 1.29 is 5.11 Å². The summed E-state index contributed by atoms with van der Waals surface area (Å²) in [5, 5.41) is 8.89. The average molecular weight is 128 g/mol. The molecule has 1 unspecified atom stereocenters. The van der Waals surface area contributed by atoms with Crippen molar-refractivity contribution in [3.8, 4) is 0 Å². The molecule has 0 aromatic heterocycles. The Balaban J connectivity index is 2.56. The Morgan fingerprint density at radius 3 is 2.67 bits per heavy atom. The lowest BCUT2D eigenvalue weighted by Gasteiger charge is -2.29. The van der Waals surface area contributed by atoms with Gasteiger partial charge >= 0.3 is 0 Å². The van der Waals surface area contributed by atoms with E-state index in [1.807, 2.05) is 7.05 Å². The number of likely N-dealkylation sites (tertiary alicyclic amines) is 1. The molecule has 1 rings (SSSR count). The average Bonchev–Trinajstić information content (AvgIpc) is 2.15. The minimum absolute atomic E-state index is 0.167. The number of rotatable bonds is 1. The maximum atomic E-state index is 8.89. The lowest BCUT2D eigenvalue weighted by molar-refractivity contribution is 0.122. The van der Waals surface area contributed by atoms with Crippen molar-refractivity contribution in [2.45, 2.75) is 18.4 Å². The van der Waals surface area contributed by atoms with E-state index in [9.17, 15) is 0 Å². The highest BCUT2D eigenvalue weighted by Gasteiger charge is 2.32. The molecular weight excluding hydrogens is 114 g/mol. The van der Waals surface area contributed by atoms with Crippen LogP contribution in [0.25, 0.3) is 0 Å². The topological polar surface area (TPSA) is 23.5 Å². The quantitative estimate of drug-likeness (QED) is 0.548. The van der Waals surface area contributed by atoms with Crippen molar-refractivity contribution in [2.24, 2.45) is 0 Å². The van der Waals surface area contributed by atoms with E-state index in [1.54, 1.807) is 0 Å². The van der Waals surface area contributed by atoms with Crippen molar-refractivity contribution in [3.63, 3.8) is 0 Å². The normalized spacial score (nSPS) is 37.7. The van der Waals surface area contributed by atoms with Crippen LogP contribution >= 0.6 is 0 Å². The minimum Gasteiger partial charge on any atom is -0.394 e. The van der Waals surface area contributed by atoms with Crippen LogP contribution < -0.4 is 0 Å². The van der Waals surface area contributed by atoms with Gasteiger partial charge < -0.3 is 5.11 Å². The van der Waals surface area contributed by atoms with Crippen molar-refractivity contribution >= 4 is 0 Å². The molecule has 1 fully saturated rings. The maximum Gasteiger partial charge on any atom is 0.0615 e. The van der Waals surface area contributed by atoms with Crippen LogP contribution in [0.3, 0.4) is 0 Å². The third-order valence-corrected chi connectivity index (χ3v) is 2.24. The van der Waals surface area contributed by atoms with Gasteiger partial charge in [0.25, 0.3) is 0 Å².